The lowest BCUT2D eigenvalue weighted by atomic mass is 10.1. The summed E-state index contributed by atoms with van der Waals surface area (Å²) in [5, 5.41) is 0. The van der Waals surface area contributed by atoms with Gasteiger partial charge in [0.2, 0.25) is 0 Å². The third-order valence-corrected chi connectivity index (χ3v) is 1.85. The van der Waals surface area contributed by atoms with Crippen molar-refractivity contribution in [2.45, 2.75) is 33.6 Å². The normalized spacial score (nSPS) is 18.1. The van der Waals surface area contributed by atoms with Crippen LogP contribution in [0, 0.1) is 0 Å². The summed E-state index contributed by atoms with van der Waals surface area (Å²) in [7, 11) is 0. The van der Waals surface area contributed by atoms with Gasteiger partial charge in [-0.05, 0) is 39.2 Å². The van der Waals surface area contributed by atoms with Crippen LogP contribution in [0.15, 0.2) is 22.8 Å². The SMILES string of the molecule is CC1=CC(=C(C)C)CC1. The fourth-order valence-electron chi connectivity index (χ4n) is 1.17. The van der Waals surface area contributed by atoms with Gasteiger partial charge in [0.05, 0.1) is 0 Å². The molecular weight excluding hydrogens is 108 g/mol. The zero-order valence-electron chi connectivity index (χ0n) is 6.49. The fourth-order valence-corrected chi connectivity index (χ4v) is 1.17. The summed E-state index contributed by atoms with van der Waals surface area (Å²) >= 11 is 0. The Kier molecular flexibility index (Phi) is 1.75. The van der Waals surface area contributed by atoms with Gasteiger partial charge in [-0.15, -0.1) is 0 Å². The maximum atomic E-state index is 2.31. The van der Waals surface area contributed by atoms with Crippen molar-refractivity contribution < 1.29 is 0 Å². The first-order chi connectivity index (χ1) is 4.20. The Morgan fingerprint density at radius 2 is 2.00 bits per heavy atom. The van der Waals surface area contributed by atoms with Crippen molar-refractivity contribution >= 4 is 0 Å². The van der Waals surface area contributed by atoms with Crippen LogP contribution in [0.3, 0.4) is 0 Å². The van der Waals surface area contributed by atoms with E-state index in [1.807, 2.05) is 0 Å². The van der Waals surface area contributed by atoms with Gasteiger partial charge in [-0.3, -0.25) is 0 Å². The summed E-state index contributed by atoms with van der Waals surface area (Å²) in [4.78, 5) is 0. The lowest BCUT2D eigenvalue weighted by Gasteiger charge is -1.93. The van der Waals surface area contributed by atoms with Crippen molar-refractivity contribution in [2.75, 3.05) is 0 Å². The van der Waals surface area contributed by atoms with Crippen molar-refractivity contribution in [3.05, 3.63) is 22.8 Å². The van der Waals surface area contributed by atoms with E-state index in [0.717, 1.165) is 0 Å². The zero-order valence-corrected chi connectivity index (χ0v) is 6.49. The predicted molar refractivity (Wildman–Crippen MR) is 41.4 cm³/mol. The molecule has 0 heteroatoms. The Balaban J connectivity index is 2.80. The molecule has 50 valence electrons. The number of hydrogen-bond acceptors (Lipinski definition) is 0. The molecule has 0 N–H and O–H groups in total. The molecule has 1 rings (SSSR count). The molecular formula is C9H14. The predicted octanol–water partition coefficient (Wildman–Crippen LogP) is 3.06. The van der Waals surface area contributed by atoms with E-state index in [1.165, 1.54) is 24.0 Å². The van der Waals surface area contributed by atoms with Gasteiger partial charge in [0, 0.05) is 0 Å². The van der Waals surface area contributed by atoms with Gasteiger partial charge in [-0.2, -0.15) is 0 Å². The monoisotopic (exact) mass is 122 g/mol. The Labute approximate surface area is 57.3 Å². The summed E-state index contributed by atoms with van der Waals surface area (Å²) in [6.45, 7) is 6.57. The lowest BCUT2D eigenvalue weighted by Crippen LogP contribution is -1.73. The van der Waals surface area contributed by atoms with Crippen LogP contribution in [-0.2, 0) is 0 Å². The Bertz CT molecular complexity index is 166. The van der Waals surface area contributed by atoms with Crippen molar-refractivity contribution in [3.8, 4) is 0 Å². The van der Waals surface area contributed by atoms with E-state index in [2.05, 4.69) is 26.8 Å². The standard InChI is InChI=1S/C9H14/c1-7(2)9-5-4-8(3)6-9/h6H,4-5H2,1-3H3. The van der Waals surface area contributed by atoms with Crippen LogP contribution in [0.4, 0.5) is 0 Å². The largest absolute Gasteiger partial charge is 0.0732 e. The van der Waals surface area contributed by atoms with Crippen LogP contribution in [0.5, 0.6) is 0 Å². The topological polar surface area (TPSA) is 0 Å². The van der Waals surface area contributed by atoms with Crippen molar-refractivity contribution in [1.29, 1.82) is 0 Å². The van der Waals surface area contributed by atoms with Gasteiger partial charge < -0.3 is 0 Å². The lowest BCUT2D eigenvalue weighted by molar-refractivity contribution is 0.994. The molecule has 0 nitrogen and oxygen atoms in total. The summed E-state index contributed by atoms with van der Waals surface area (Å²) in [5.74, 6) is 0. The molecule has 0 amide bonds. The molecule has 0 aromatic carbocycles. The molecule has 0 bridgehead atoms. The first-order valence-corrected chi connectivity index (χ1v) is 3.53. The molecule has 1 aliphatic rings. The van der Waals surface area contributed by atoms with Gasteiger partial charge >= 0.3 is 0 Å². The zero-order chi connectivity index (χ0) is 6.85. The molecule has 1 aliphatic carbocycles. The maximum absolute atomic E-state index is 2.31. The Morgan fingerprint density at radius 1 is 1.33 bits per heavy atom. The molecule has 0 aromatic rings. The van der Waals surface area contributed by atoms with E-state index in [0.29, 0.717) is 0 Å². The van der Waals surface area contributed by atoms with E-state index in [-0.39, 0.29) is 0 Å². The first-order valence-electron chi connectivity index (χ1n) is 3.53. The van der Waals surface area contributed by atoms with Crippen LogP contribution < -0.4 is 0 Å². The van der Waals surface area contributed by atoms with Crippen LogP contribution in [0.25, 0.3) is 0 Å². The van der Waals surface area contributed by atoms with Gasteiger partial charge in [0.25, 0.3) is 0 Å². The molecule has 0 fully saturated rings. The van der Waals surface area contributed by atoms with E-state index >= 15 is 0 Å². The molecule has 0 atom stereocenters. The van der Waals surface area contributed by atoms with E-state index in [9.17, 15) is 0 Å². The van der Waals surface area contributed by atoms with Crippen molar-refractivity contribution in [2.24, 2.45) is 0 Å². The van der Waals surface area contributed by atoms with Gasteiger partial charge in [-0.1, -0.05) is 17.2 Å². The van der Waals surface area contributed by atoms with Gasteiger partial charge in [-0.25, -0.2) is 0 Å². The van der Waals surface area contributed by atoms with Crippen molar-refractivity contribution in [1.82, 2.24) is 0 Å². The minimum atomic E-state index is 1.27. The second-order valence-electron chi connectivity index (χ2n) is 3.02. The van der Waals surface area contributed by atoms with E-state index in [1.54, 1.807) is 5.57 Å². The molecule has 0 saturated carbocycles. The minimum Gasteiger partial charge on any atom is -0.0732 e. The molecule has 0 heterocycles. The quantitative estimate of drug-likeness (QED) is 0.463. The third-order valence-electron chi connectivity index (χ3n) is 1.85. The Morgan fingerprint density at radius 3 is 2.22 bits per heavy atom. The third kappa shape index (κ3) is 1.44. The molecule has 0 saturated heterocycles. The average molecular weight is 122 g/mol. The van der Waals surface area contributed by atoms with Crippen LogP contribution in [0.2, 0.25) is 0 Å². The second kappa shape index (κ2) is 2.38. The second-order valence-corrected chi connectivity index (χ2v) is 3.02. The summed E-state index contributed by atoms with van der Waals surface area (Å²) in [6.07, 6.45) is 4.87. The van der Waals surface area contributed by atoms with Crippen LogP contribution >= 0.6 is 0 Å². The molecule has 0 aliphatic heterocycles. The average Bonchev–Trinajstić information content (AvgIpc) is 2.14. The highest BCUT2D eigenvalue weighted by atomic mass is 14.1. The first kappa shape index (κ1) is 6.60. The highest BCUT2D eigenvalue weighted by Gasteiger charge is 2.04. The van der Waals surface area contributed by atoms with Crippen molar-refractivity contribution in [3.63, 3.8) is 0 Å². The fraction of sp³-hybridized carbons (Fsp3) is 0.556. The smallest absolute Gasteiger partial charge is 0.0242 e. The molecule has 9 heavy (non-hydrogen) atoms. The minimum absolute atomic E-state index is 1.27. The summed E-state index contributed by atoms with van der Waals surface area (Å²) < 4.78 is 0. The number of allylic oxidation sites excluding steroid dienone is 4. The summed E-state index contributed by atoms with van der Waals surface area (Å²) in [5.41, 5.74) is 4.56. The Hall–Kier alpha value is -0.520. The molecule has 0 unspecified atom stereocenters. The maximum Gasteiger partial charge on any atom is -0.0242 e. The van der Waals surface area contributed by atoms with E-state index < -0.39 is 0 Å². The highest BCUT2D eigenvalue weighted by molar-refractivity contribution is 5.32. The summed E-state index contributed by atoms with van der Waals surface area (Å²) in [6, 6.07) is 0. The van der Waals surface area contributed by atoms with Gasteiger partial charge in [0.15, 0.2) is 0 Å². The number of hydrogen-bond donors (Lipinski definition) is 0. The highest BCUT2D eigenvalue weighted by Crippen LogP contribution is 2.24. The van der Waals surface area contributed by atoms with Gasteiger partial charge in [0.1, 0.15) is 0 Å². The molecule has 0 radical (unpaired) electrons. The van der Waals surface area contributed by atoms with Crippen LogP contribution in [-0.4, -0.2) is 0 Å². The molecule has 0 aromatic heterocycles. The van der Waals surface area contributed by atoms with E-state index in [4.69, 9.17) is 0 Å². The van der Waals surface area contributed by atoms with Crippen LogP contribution in [0.1, 0.15) is 33.6 Å². The molecule has 0 spiro atoms. The number of rotatable bonds is 0.